The van der Waals surface area contributed by atoms with Crippen molar-refractivity contribution in [1.29, 1.82) is 0 Å². The number of halogens is 1. The molecule has 0 radical (unpaired) electrons. The third kappa shape index (κ3) is 5.54. The van der Waals surface area contributed by atoms with Gasteiger partial charge in [0.15, 0.2) is 5.65 Å². The standard InChI is InChI=1S/C24H31ClN6O3S/c1-5-11-29(3)23-16(2)15-31-22(26-23)14-20(27-31)21-8-6-7-12-30(21)24(32)18-13-17(25)9-10-19(18)28-35(4,33)34/h9-10,13-15,21,28H,5-8,11-12H2,1-4H3/t21-/m0/s1. The first-order chi connectivity index (χ1) is 16.6. The summed E-state index contributed by atoms with van der Waals surface area (Å²) in [5.74, 6) is 0.630. The van der Waals surface area contributed by atoms with Gasteiger partial charge in [0.2, 0.25) is 10.0 Å². The van der Waals surface area contributed by atoms with Crippen molar-refractivity contribution < 1.29 is 13.2 Å². The van der Waals surface area contributed by atoms with Crippen LogP contribution < -0.4 is 9.62 Å². The molecule has 0 saturated carbocycles. The maximum absolute atomic E-state index is 13.7. The number of carbonyl (C=O) groups excluding carboxylic acids is 1. The molecule has 3 heterocycles. The number of amides is 1. The summed E-state index contributed by atoms with van der Waals surface area (Å²) >= 11 is 6.18. The first-order valence-electron chi connectivity index (χ1n) is 11.7. The second-order valence-electron chi connectivity index (χ2n) is 9.12. The first kappa shape index (κ1) is 25.2. The molecule has 3 aromatic rings. The Morgan fingerprint density at radius 1 is 1.29 bits per heavy atom. The zero-order valence-corrected chi connectivity index (χ0v) is 22.0. The van der Waals surface area contributed by atoms with Gasteiger partial charge in [-0.15, -0.1) is 0 Å². The van der Waals surface area contributed by atoms with Gasteiger partial charge in [0.1, 0.15) is 5.82 Å². The number of nitrogens with one attached hydrogen (secondary N) is 1. The van der Waals surface area contributed by atoms with Crippen LogP contribution in [0.3, 0.4) is 0 Å². The normalized spacial score (nSPS) is 16.5. The van der Waals surface area contributed by atoms with Gasteiger partial charge in [0, 0.05) is 43.0 Å². The number of aromatic nitrogens is 3. The zero-order valence-electron chi connectivity index (χ0n) is 20.5. The Labute approximate surface area is 211 Å². The van der Waals surface area contributed by atoms with Gasteiger partial charge in [-0.1, -0.05) is 18.5 Å². The Morgan fingerprint density at radius 3 is 2.77 bits per heavy atom. The van der Waals surface area contributed by atoms with Crippen LogP contribution in [0.1, 0.15) is 60.3 Å². The van der Waals surface area contributed by atoms with Gasteiger partial charge < -0.3 is 9.80 Å². The van der Waals surface area contributed by atoms with Crippen LogP contribution in [-0.2, 0) is 10.0 Å². The number of nitrogens with zero attached hydrogens (tertiary/aromatic N) is 5. The number of piperidine rings is 1. The minimum Gasteiger partial charge on any atom is -0.359 e. The third-order valence-electron chi connectivity index (χ3n) is 6.16. The molecule has 0 unspecified atom stereocenters. The van der Waals surface area contributed by atoms with E-state index < -0.39 is 10.0 Å². The maximum Gasteiger partial charge on any atom is 0.256 e. The molecule has 0 aliphatic carbocycles. The highest BCUT2D eigenvalue weighted by molar-refractivity contribution is 7.92. The van der Waals surface area contributed by atoms with Crippen LogP contribution in [-0.4, -0.2) is 60.2 Å². The molecular formula is C24H31ClN6O3S. The molecule has 11 heteroatoms. The molecule has 1 aliphatic heterocycles. The van der Waals surface area contributed by atoms with Crippen molar-refractivity contribution in [2.75, 3.05) is 36.0 Å². The SMILES string of the molecule is CCCN(C)c1nc2cc([C@@H]3CCCCN3C(=O)c3cc(Cl)ccc3NS(C)(=O)=O)nn2cc1C. The van der Waals surface area contributed by atoms with Gasteiger partial charge in [0.25, 0.3) is 5.91 Å². The van der Waals surface area contributed by atoms with Crippen molar-refractivity contribution >= 4 is 44.7 Å². The Kier molecular flexibility index (Phi) is 7.23. The highest BCUT2D eigenvalue weighted by atomic mass is 35.5. The zero-order chi connectivity index (χ0) is 25.3. The van der Waals surface area contributed by atoms with Gasteiger partial charge in [-0.2, -0.15) is 5.10 Å². The van der Waals surface area contributed by atoms with Gasteiger partial charge in [-0.3, -0.25) is 9.52 Å². The number of hydrogen-bond acceptors (Lipinski definition) is 6. The summed E-state index contributed by atoms with van der Waals surface area (Å²) in [6, 6.07) is 6.27. The van der Waals surface area contributed by atoms with E-state index in [1.54, 1.807) is 15.5 Å². The van der Waals surface area contributed by atoms with Gasteiger partial charge in [-0.05, 0) is 50.8 Å². The topological polar surface area (TPSA) is 99.9 Å². The second-order valence-corrected chi connectivity index (χ2v) is 11.3. The lowest BCUT2D eigenvalue weighted by Gasteiger charge is -2.35. The summed E-state index contributed by atoms with van der Waals surface area (Å²) in [5, 5.41) is 5.13. The highest BCUT2D eigenvalue weighted by Crippen LogP contribution is 2.34. The number of benzene rings is 1. The summed E-state index contributed by atoms with van der Waals surface area (Å²) in [5.41, 5.74) is 2.94. The second kappa shape index (κ2) is 10.0. The van der Waals surface area contributed by atoms with E-state index in [4.69, 9.17) is 21.7 Å². The summed E-state index contributed by atoms with van der Waals surface area (Å²) in [4.78, 5) is 22.4. The van der Waals surface area contributed by atoms with E-state index in [9.17, 15) is 13.2 Å². The molecule has 0 bridgehead atoms. The van der Waals surface area contributed by atoms with Gasteiger partial charge in [0.05, 0.1) is 29.2 Å². The van der Waals surface area contributed by atoms with E-state index in [-0.39, 0.29) is 23.2 Å². The monoisotopic (exact) mass is 518 g/mol. The molecule has 0 spiro atoms. The van der Waals surface area contributed by atoms with E-state index in [0.29, 0.717) is 11.6 Å². The van der Waals surface area contributed by atoms with Crippen LogP contribution in [0, 0.1) is 6.92 Å². The number of sulfonamides is 1. The number of rotatable bonds is 7. The lowest BCUT2D eigenvalue weighted by Crippen LogP contribution is -2.39. The summed E-state index contributed by atoms with van der Waals surface area (Å²) < 4.78 is 28.0. The van der Waals surface area contributed by atoms with Crippen LogP contribution in [0.4, 0.5) is 11.5 Å². The van der Waals surface area contributed by atoms with Crippen molar-refractivity contribution in [3.63, 3.8) is 0 Å². The Hall–Kier alpha value is -2.85. The Morgan fingerprint density at radius 2 is 2.06 bits per heavy atom. The summed E-state index contributed by atoms with van der Waals surface area (Å²) in [6.45, 7) is 5.59. The molecule has 1 N–H and O–H groups in total. The number of aryl methyl sites for hydroxylation is 1. The van der Waals surface area contributed by atoms with Gasteiger partial charge >= 0.3 is 0 Å². The molecular weight excluding hydrogens is 488 g/mol. The van der Waals surface area contributed by atoms with Crippen LogP contribution in [0.2, 0.25) is 5.02 Å². The number of likely N-dealkylation sites (tertiary alicyclic amines) is 1. The van der Waals surface area contributed by atoms with Gasteiger partial charge in [-0.25, -0.2) is 17.9 Å². The lowest BCUT2D eigenvalue weighted by molar-refractivity contribution is 0.0607. The smallest absolute Gasteiger partial charge is 0.256 e. The Bertz CT molecular complexity index is 1360. The van der Waals surface area contributed by atoms with Crippen LogP contribution in [0.5, 0.6) is 0 Å². The third-order valence-corrected chi connectivity index (χ3v) is 6.98. The fraction of sp³-hybridized carbons (Fsp3) is 0.458. The lowest BCUT2D eigenvalue weighted by atomic mass is 9.98. The molecule has 188 valence electrons. The maximum atomic E-state index is 13.7. The number of anilines is 2. The molecule has 1 aliphatic rings. The molecule has 4 rings (SSSR count). The molecule has 1 fully saturated rings. The molecule has 1 atom stereocenters. The Balaban J connectivity index is 1.71. The highest BCUT2D eigenvalue weighted by Gasteiger charge is 2.32. The number of carbonyl (C=O) groups is 1. The molecule has 1 amide bonds. The quantitative estimate of drug-likeness (QED) is 0.501. The number of hydrogen-bond donors (Lipinski definition) is 1. The van der Waals surface area contributed by atoms with Crippen molar-refractivity contribution in [3.8, 4) is 0 Å². The molecule has 1 saturated heterocycles. The van der Waals surface area contributed by atoms with Crippen molar-refractivity contribution in [3.05, 3.63) is 52.3 Å². The minimum atomic E-state index is -3.57. The van der Waals surface area contributed by atoms with E-state index in [2.05, 4.69) is 16.5 Å². The fourth-order valence-electron chi connectivity index (χ4n) is 4.63. The average Bonchev–Trinajstić information content (AvgIpc) is 3.21. The van der Waals surface area contributed by atoms with Crippen LogP contribution in [0.15, 0.2) is 30.5 Å². The van der Waals surface area contributed by atoms with Crippen molar-refractivity contribution in [1.82, 2.24) is 19.5 Å². The minimum absolute atomic E-state index is 0.210. The summed E-state index contributed by atoms with van der Waals surface area (Å²) in [7, 11) is -1.54. The van der Waals surface area contributed by atoms with Crippen LogP contribution >= 0.6 is 11.6 Å². The molecule has 9 nitrogen and oxygen atoms in total. The van der Waals surface area contributed by atoms with Crippen molar-refractivity contribution in [2.24, 2.45) is 0 Å². The van der Waals surface area contributed by atoms with E-state index in [1.807, 2.05) is 26.2 Å². The largest absolute Gasteiger partial charge is 0.359 e. The summed E-state index contributed by atoms with van der Waals surface area (Å²) in [6.07, 6.45) is 6.61. The van der Waals surface area contributed by atoms with E-state index in [0.717, 1.165) is 61.2 Å². The average molecular weight is 519 g/mol. The van der Waals surface area contributed by atoms with E-state index >= 15 is 0 Å². The van der Waals surface area contributed by atoms with Crippen molar-refractivity contribution in [2.45, 2.75) is 45.6 Å². The van der Waals surface area contributed by atoms with E-state index in [1.165, 1.54) is 12.1 Å². The first-order valence-corrected chi connectivity index (χ1v) is 14.0. The fourth-order valence-corrected chi connectivity index (χ4v) is 5.38. The molecule has 35 heavy (non-hydrogen) atoms. The number of fused-ring (bicyclic) bond motifs is 1. The molecule has 2 aromatic heterocycles. The predicted molar refractivity (Wildman–Crippen MR) is 139 cm³/mol. The molecule has 1 aromatic carbocycles. The predicted octanol–water partition coefficient (Wildman–Crippen LogP) is 4.28. The van der Waals surface area contributed by atoms with Crippen LogP contribution in [0.25, 0.3) is 5.65 Å².